The summed E-state index contributed by atoms with van der Waals surface area (Å²) in [5.41, 5.74) is 10.6. The zero-order valence-corrected chi connectivity index (χ0v) is 18.9. The smallest absolute Gasteiger partial charge is 0.195 e. The first-order valence-corrected chi connectivity index (χ1v) is 10.7. The Morgan fingerprint density at radius 2 is 1.87 bits per heavy atom. The minimum Gasteiger partial charge on any atom is -0.497 e. The van der Waals surface area contributed by atoms with Crippen molar-refractivity contribution in [2.75, 3.05) is 20.0 Å². The van der Waals surface area contributed by atoms with Crippen LogP contribution < -0.4 is 15.2 Å². The van der Waals surface area contributed by atoms with Crippen LogP contribution in [0.5, 0.6) is 11.5 Å². The third kappa shape index (κ3) is 4.44. The Hall–Kier alpha value is -3.26. The Kier molecular flexibility index (Phi) is 5.99. The maximum absolute atomic E-state index is 6.10. The van der Waals surface area contributed by atoms with Gasteiger partial charge in [-0.15, -0.1) is 0 Å². The van der Waals surface area contributed by atoms with Crippen LogP contribution in [-0.4, -0.2) is 33.7 Å². The van der Waals surface area contributed by atoms with Gasteiger partial charge in [0.2, 0.25) is 0 Å². The van der Waals surface area contributed by atoms with Crippen molar-refractivity contribution in [3.05, 3.63) is 59.4 Å². The number of imidazole rings is 1. The van der Waals surface area contributed by atoms with Gasteiger partial charge in [0.05, 0.1) is 25.4 Å². The van der Waals surface area contributed by atoms with E-state index in [1.807, 2.05) is 22.8 Å². The Morgan fingerprint density at radius 1 is 1.03 bits per heavy atom. The van der Waals surface area contributed by atoms with E-state index in [1.165, 1.54) is 28.5 Å². The van der Waals surface area contributed by atoms with Gasteiger partial charge in [-0.2, -0.15) is 0 Å². The van der Waals surface area contributed by atoms with Crippen molar-refractivity contribution in [1.29, 1.82) is 0 Å². The van der Waals surface area contributed by atoms with Crippen LogP contribution in [0, 0.1) is 13.8 Å². The topological polar surface area (TPSA) is 88.1 Å². The third-order valence-electron chi connectivity index (χ3n) is 5.17. The molecule has 0 saturated carbocycles. The molecule has 7 nitrogen and oxygen atoms in total. The fourth-order valence-electron chi connectivity index (χ4n) is 3.42. The molecule has 2 N–H and O–H groups in total. The van der Waals surface area contributed by atoms with E-state index in [-0.39, 0.29) is 0 Å². The fourth-order valence-corrected chi connectivity index (χ4v) is 4.31. The fraction of sp³-hybridized carbons (Fsp3) is 0.261. The normalized spacial score (nSPS) is 11.1. The molecule has 2 heterocycles. The highest BCUT2D eigenvalue weighted by molar-refractivity contribution is 7.99. The van der Waals surface area contributed by atoms with E-state index in [0.717, 1.165) is 35.2 Å². The van der Waals surface area contributed by atoms with E-state index in [1.54, 1.807) is 20.5 Å². The molecule has 0 amide bonds. The van der Waals surface area contributed by atoms with Crippen molar-refractivity contribution in [3.63, 3.8) is 0 Å². The van der Waals surface area contributed by atoms with Crippen molar-refractivity contribution in [3.8, 4) is 23.0 Å². The standard InChI is InChI=1S/C23H25N5O2S/c1-14-5-6-15(2)16(11-14)9-10-28-13-25-21(24)20-22(28)27-23(26-20)31-19-12-17(29-3)7-8-18(19)30-4/h5-8,11-13H,9-10,24H2,1-4H3. The molecule has 0 saturated heterocycles. The molecule has 0 fully saturated rings. The van der Waals surface area contributed by atoms with E-state index in [2.05, 4.69) is 42.0 Å². The minimum atomic E-state index is 0.370. The van der Waals surface area contributed by atoms with Crippen molar-refractivity contribution in [2.45, 2.75) is 36.9 Å². The summed E-state index contributed by atoms with van der Waals surface area (Å²) >= 11 is 1.41. The molecule has 0 aromatic heterocycles. The van der Waals surface area contributed by atoms with Crippen LogP contribution in [0.3, 0.4) is 0 Å². The number of fused-ring (bicyclic) bond motifs is 1. The van der Waals surface area contributed by atoms with Crippen LogP contribution >= 0.6 is 11.8 Å². The lowest BCUT2D eigenvalue weighted by Crippen LogP contribution is -2.10. The maximum Gasteiger partial charge on any atom is 0.195 e. The average Bonchev–Trinajstić information content (AvgIpc) is 3.20. The highest BCUT2D eigenvalue weighted by Crippen LogP contribution is 2.38. The molecule has 2 aliphatic rings. The van der Waals surface area contributed by atoms with E-state index < -0.39 is 0 Å². The summed E-state index contributed by atoms with van der Waals surface area (Å²) in [7, 11) is 3.27. The quantitative estimate of drug-likeness (QED) is 0.461. The number of aryl methyl sites for hydroxylation is 4. The van der Waals surface area contributed by atoms with Gasteiger partial charge in [-0.05, 0) is 61.4 Å². The number of rotatable bonds is 7. The summed E-state index contributed by atoms with van der Waals surface area (Å²) in [6.45, 7) is 4.98. The highest BCUT2D eigenvalue weighted by atomic mass is 32.2. The highest BCUT2D eigenvalue weighted by Gasteiger charge is 2.20. The predicted octanol–water partition coefficient (Wildman–Crippen LogP) is 4.39. The number of hydrogen-bond donors (Lipinski definition) is 1. The third-order valence-corrected chi connectivity index (χ3v) is 6.07. The number of hydrogen-bond acceptors (Lipinski definition) is 7. The molecule has 2 aromatic carbocycles. The summed E-state index contributed by atoms with van der Waals surface area (Å²) in [6.07, 6.45) is 2.61. The predicted molar refractivity (Wildman–Crippen MR) is 122 cm³/mol. The first-order valence-electron chi connectivity index (χ1n) is 9.93. The second-order valence-electron chi connectivity index (χ2n) is 7.30. The van der Waals surface area contributed by atoms with Gasteiger partial charge in [0.25, 0.3) is 0 Å². The molecule has 0 bridgehead atoms. The number of nitrogens with two attached hydrogens (primary N) is 1. The van der Waals surface area contributed by atoms with Gasteiger partial charge in [0.1, 0.15) is 11.5 Å². The molecular weight excluding hydrogens is 410 g/mol. The van der Waals surface area contributed by atoms with Gasteiger partial charge < -0.3 is 19.8 Å². The van der Waals surface area contributed by atoms with Crippen LogP contribution in [0.4, 0.5) is 5.82 Å². The summed E-state index contributed by atoms with van der Waals surface area (Å²) in [5, 5.41) is 0.585. The number of aromatic nitrogens is 4. The molecule has 31 heavy (non-hydrogen) atoms. The lowest BCUT2D eigenvalue weighted by Gasteiger charge is -2.12. The van der Waals surface area contributed by atoms with Crippen molar-refractivity contribution in [1.82, 2.24) is 19.5 Å². The molecule has 0 spiro atoms. The number of nitrogens with zero attached hydrogens (tertiary/aromatic N) is 4. The number of methoxy groups -OCH3 is 2. The van der Waals surface area contributed by atoms with E-state index in [9.17, 15) is 0 Å². The van der Waals surface area contributed by atoms with Crippen LogP contribution in [0.15, 0.2) is 52.8 Å². The second-order valence-corrected chi connectivity index (χ2v) is 8.31. The van der Waals surface area contributed by atoms with E-state index in [4.69, 9.17) is 20.2 Å². The van der Waals surface area contributed by atoms with E-state index >= 15 is 0 Å². The van der Waals surface area contributed by atoms with Crippen molar-refractivity contribution < 1.29 is 9.47 Å². The monoisotopic (exact) mass is 435 g/mol. The summed E-state index contributed by atoms with van der Waals surface area (Å²) in [5.74, 6) is 2.56. The van der Waals surface area contributed by atoms with Crippen LogP contribution in [0.2, 0.25) is 0 Å². The molecule has 8 heteroatoms. The Balaban J connectivity index is 1.64. The lowest BCUT2D eigenvalue weighted by molar-refractivity contribution is 0.394. The first kappa shape index (κ1) is 21.0. The molecule has 0 aliphatic carbocycles. The van der Waals surface area contributed by atoms with Gasteiger partial charge in [-0.1, -0.05) is 23.8 Å². The van der Waals surface area contributed by atoms with E-state index in [0.29, 0.717) is 16.7 Å². The summed E-state index contributed by atoms with van der Waals surface area (Å²) in [6, 6.07) is 12.1. The first-order chi connectivity index (χ1) is 15.0. The molecule has 2 aromatic rings. The largest absolute Gasteiger partial charge is 0.497 e. The van der Waals surface area contributed by atoms with Crippen LogP contribution in [0.25, 0.3) is 11.5 Å². The van der Waals surface area contributed by atoms with Gasteiger partial charge in [-0.25, -0.2) is 15.0 Å². The Bertz CT molecular complexity index is 1190. The second kappa shape index (κ2) is 8.85. The molecule has 0 radical (unpaired) electrons. The number of ether oxygens (including phenoxy) is 2. The van der Waals surface area contributed by atoms with Gasteiger partial charge >= 0.3 is 0 Å². The zero-order valence-electron chi connectivity index (χ0n) is 18.0. The van der Waals surface area contributed by atoms with Crippen molar-refractivity contribution >= 4 is 17.6 Å². The molecule has 4 rings (SSSR count). The Morgan fingerprint density at radius 3 is 2.65 bits per heavy atom. The van der Waals surface area contributed by atoms with Crippen molar-refractivity contribution in [2.24, 2.45) is 0 Å². The summed E-state index contributed by atoms with van der Waals surface area (Å²) in [4.78, 5) is 14.6. The SMILES string of the molecule is COc1ccc(OC)c(Sc2nc3c(N)ncn(CCc4cc(C)ccc4C)c-3n2)c1. The van der Waals surface area contributed by atoms with Gasteiger partial charge in [0, 0.05) is 6.54 Å². The number of benzene rings is 2. The zero-order chi connectivity index (χ0) is 22.0. The average molecular weight is 436 g/mol. The molecular formula is C23H25N5O2S. The Labute approximate surface area is 186 Å². The lowest BCUT2D eigenvalue weighted by atomic mass is 10.0. The molecule has 0 unspecified atom stereocenters. The molecule has 0 atom stereocenters. The van der Waals surface area contributed by atoms with Crippen LogP contribution in [0.1, 0.15) is 16.7 Å². The molecule has 2 aliphatic heterocycles. The molecule has 160 valence electrons. The number of anilines is 1. The minimum absolute atomic E-state index is 0.370. The van der Waals surface area contributed by atoms with Gasteiger partial charge in [-0.3, -0.25) is 0 Å². The van der Waals surface area contributed by atoms with Gasteiger partial charge in [0.15, 0.2) is 22.5 Å². The summed E-state index contributed by atoms with van der Waals surface area (Å²) < 4.78 is 12.8. The van der Waals surface area contributed by atoms with Crippen LogP contribution in [-0.2, 0) is 13.0 Å². The maximum atomic E-state index is 6.10. The number of nitrogen functional groups attached to an aromatic ring is 1.